The minimum absolute atomic E-state index is 0.0877. The average Bonchev–Trinajstić information content (AvgIpc) is 3.04. The Morgan fingerprint density at radius 2 is 1.00 bits per heavy atom. The molecule has 14 nitrogen and oxygen atoms in total. The Bertz CT molecular complexity index is 1410. The molecule has 2 heterocycles. The quantitative estimate of drug-likeness (QED) is 0.126. The zero-order valence-electron chi connectivity index (χ0n) is 23.9. The van der Waals surface area contributed by atoms with E-state index in [0.717, 1.165) is 11.1 Å². The van der Waals surface area contributed by atoms with Crippen molar-refractivity contribution in [2.75, 3.05) is 52.2 Å². The number of nitrogens with zero attached hydrogens (tertiary/aromatic N) is 4. The van der Waals surface area contributed by atoms with Crippen LogP contribution in [-0.4, -0.2) is 71.7 Å². The summed E-state index contributed by atoms with van der Waals surface area (Å²) in [6.07, 6.45) is -2.27. The third kappa shape index (κ3) is 6.69. The summed E-state index contributed by atoms with van der Waals surface area (Å²) in [6.45, 7) is 0.440. The Hall–Kier alpha value is -4.50. The van der Waals surface area contributed by atoms with E-state index in [1.165, 1.54) is 0 Å². The van der Waals surface area contributed by atoms with Crippen LogP contribution in [0.1, 0.15) is 35.0 Å². The van der Waals surface area contributed by atoms with Gasteiger partial charge >= 0.3 is 0 Å². The van der Waals surface area contributed by atoms with Crippen molar-refractivity contribution < 1.29 is 29.2 Å². The minimum Gasteiger partial charge on any atom is -0.493 e. The molecule has 4 aromatic rings. The minimum atomic E-state index is -1.14. The Morgan fingerprint density at radius 3 is 1.33 bits per heavy atom. The van der Waals surface area contributed by atoms with Crippen LogP contribution in [0.5, 0.6) is 23.0 Å². The van der Waals surface area contributed by atoms with Crippen LogP contribution in [0.25, 0.3) is 11.0 Å². The van der Waals surface area contributed by atoms with Gasteiger partial charge in [-0.25, -0.2) is 19.9 Å². The van der Waals surface area contributed by atoms with Crippen LogP contribution in [0.4, 0.5) is 11.6 Å². The van der Waals surface area contributed by atoms with Gasteiger partial charge in [-0.2, -0.15) is 0 Å². The second-order valence-electron chi connectivity index (χ2n) is 9.15. The molecule has 2 aromatic heterocycles. The van der Waals surface area contributed by atoms with Crippen LogP contribution < -0.4 is 41.0 Å². The van der Waals surface area contributed by atoms with Gasteiger partial charge in [0.05, 0.1) is 28.4 Å². The first-order valence-corrected chi connectivity index (χ1v) is 13.1. The molecule has 2 atom stereocenters. The summed E-state index contributed by atoms with van der Waals surface area (Å²) >= 11 is 0. The van der Waals surface area contributed by atoms with Gasteiger partial charge in [-0.05, 0) is 35.4 Å². The number of methoxy groups -OCH3 is 4. The first-order valence-electron chi connectivity index (χ1n) is 13.1. The van der Waals surface area contributed by atoms with E-state index >= 15 is 0 Å². The monoisotopic (exact) mass is 580 g/mol. The average molecular weight is 581 g/mol. The molecule has 0 aliphatic carbocycles. The van der Waals surface area contributed by atoms with E-state index in [-0.39, 0.29) is 24.7 Å². The summed E-state index contributed by atoms with van der Waals surface area (Å²) in [5, 5.41) is 27.6. The number of benzene rings is 2. The molecule has 2 unspecified atom stereocenters. The molecule has 42 heavy (non-hydrogen) atoms. The molecule has 14 heteroatoms. The number of nitrogens with one attached hydrogen (secondary N) is 2. The fourth-order valence-corrected chi connectivity index (χ4v) is 4.16. The molecule has 0 saturated carbocycles. The maximum Gasteiger partial charge on any atom is 0.161 e. The smallest absolute Gasteiger partial charge is 0.161 e. The van der Waals surface area contributed by atoms with E-state index in [1.54, 1.807) is 40.6 Å². The lowest BCUT2D eigenvalue weighted by Crippen LogP contribution is -2.19. The molecule has 8 N–H and O–H groups in total. The summed E-state index contributed by atoms with van der Waals surface area (Å²) < 4.78 is 21.5. The highest BCUT2D eigenvalue weighted by Gasteiger charge is 2.21. The van der Waals surface area contributed by atoms with Gasteiger partial charge in [-0.3, -0.25) is 0 Å². The maximum atomic E-state index is 10.6. The van der Waals surface area contributed by atoms with Crippen LogP contribution >= 0.6 is 0 Å². The number of aliphatic hydroxyl groups is 2. The van der Waals surface area contributed by atoms with Crippen LogP contribution in [0, 0.1) is 0 Å². The summed E-state index contributed by atoms with van der Waals surface area (Å²) in [7, 11) is 6.25. The number of ether oxygens (including phenoxy) is 4. The van der Waals surface area contributed by atoms with Crippen molar-refractivity contribution in [1.29, 1.82) is 0 Å². The van der Waals surface area contributed by atoms with E-state index in [0.29, 0.717) is 58.8 Å². The third-order valence-corrected chi connectivity index (χ3v) is 6.44. The van der Waals surface area contributed by atoms with Gasteiger partial charge in [0.1, 0.15) is 23.2 Å². The van der Waals surface area contributed by atoms with E-state index in [2.05, 4.69) is 30.6 Å². The van der Waals surface area contributed by atoms with Crippen molar-refractivity contribution in [1.82, 2.24) is 19.9 Å². The summed E-state index contributed by atoms with van der Waals surface area (Å²) in [5.41, 5.74) is 13.8. The summed E-state index contributed by atoms with van der Waals surface area (Å²) in [4.78, 5) is 18.1. The fourth-order valence-electron chi connectivity index (χ4n) is 4.16. The van der Waals surface area contributed by atoms with Crippen LogP contribution in [-0.2, 0) is 13.1 Å². The van der Waals surface area contributed by atoms with E-state index in [9.17, 15) is 10.2 Å². The molecule has 0 spiro atoms. The third-order valence-electron chi connectivity index (χ3n) is 6.44. The number of fused-ring (bicyclic) bond motifs is 1. The molecule has 0 aliphatic rings. The molecular weight excluding hydrogens is 544 g/mol. The van der Waals surface area contributed by atoms with Crippen molar-refractivity contribution in [2.45, 2.75) is 25.3 Å². The van der Waals surface area contributed by atoms with Gasteiger partial charge in [0.25, 0.3) is 0 Å². The van der Waals surface area contributed by atoms with Gasteiger partial charge in [0.2, 0.25) is 0 Å². The lowest BCUT2D eigenvalue weighted by Gasteiger charge is -2.17. The number of hydrogen-bond acceptors (Lipinski definition) is 14. The van der Waals surface area contributed by atoms with E-state index < -0.39 is 12.2 Å². The van der Waals surface area contributed by atoms with Crippen molar-refractivity contribution in [3.05, 3.63) is 59.2 Å². The largest absolute Gasteiger partial charge is 0.493 e. The summed E-state index contributed by atoms with van der Waals surface area (Å²) in [5.74, 6) is 3.12. The van der Waals surface area contributed by atoms with Crippen molar-refractivity contribution in [2.24, 2.45) is 11.5 Å². The number of hydrogen-bond donors (Lipinski definition) is 6. The van der Waals surface area contributed by atoms with Crippen LogP contribution in [0.3, 0.4) is 0 Å². The SMILES string of the molecule is COc1ccc(CNc2nc(C(O)CN)nc3c(NCc4ccc(OC)c(OC)c4)nc(C(O)CN)nc23)cc1OC. The van der Waals surface area contributed by atoms with Crippen molar-refractivity contribution in [3.63, 3.8) is 0 Å². The van der Waals surface area contributed by atoms with Crippen LogP contribution in [0.2, 0.25) is 0 Å². The lowest BCUT2D eigenvalue weighted by atomic mass is 10.2. The number of rotatable bonds is 14. The van der Waals surface area contributed by atoms with Gasteiger partial charge in [0, 0.05) is 26.2 Å². The molecule has 224 valence electrons. The standard InChI is InChI=1S/C28H36N8O6/c1-39-19-7-5-15(9-21(19)41-3)13-31-27-23-24(34-25(35-27)17(37)11-29)28(36-26(33-23)18(38)12-30)32-14-16-6-8-20(40-2)22(10-16)42-4/h5-10,17-18,37-38H,11-14,29-30H2,1-4H3,(H,31,34,35)(H,32,33,36). The predicted octanol–water partition coefficient (Wildman–Crippen LogP) is 1.66. The van der Waals surface area contributed by atoms with Gasteiger partial charge in [-0.1, -0.05) is 12.1 Å². The first kappa shape index (κ1) is 30.5. The molecule has 0 radical (unpaired) electrons. The van der Waals surface area contributed by atoms with E-state index in [1.807, 2.05) is 24.3 Å². The van der Waals surface area contributed by atoms with E-state index in [4.69, 9.17) is 30.4 Å². The first-order chi connectivity index (χ1) is 20.3. The van der Waals surface area contributed by atoms with Crippen molar-refractivity contribution in [3.8, 4) is 23.0 Å². The predicted molar refractivity (Wildman–Crippen MR) is 157 cm³/mol. The number of aromatic nitrogens is 4. The number of anilines is 2. The summed E-state index contributed by atoms with van der Waals surface area (Å²) in [6, 6.07) is 11.0. The Labute approximate surface area is 243 Å². The normalized spacial score (nSPS) is 12.5. The highest BCUT2D eigenvalue weighted by Crippen LogP contribution is 2.31. The Kier molecular flexibility index (Phi) is 10.1. The lowest BCUT2D eigenvalue weighted by molar-refractivity contribution is 0.176. The second kappa shape index (κ2) is 13.9. The zero-order valence-corrected chi connectivity index (χ0v) is 23.9. The molecule has 0 bridgehead atoms. The molecule has 0 aliphatic heterocycles. The fraction of sp³-hybridized carbons (Fsp3) is 0.357. The number of aliphatic hydroxyl groups excluding tert-OH is 2. The maximum absolute atomic E-state index is 10.6. The topological polar surface area (TPSA) is 205 Å². The Balaban J connectivity index is 1.77. The molecule has 0 fully saturated rings. The van der Waals surface area contributed by atoms with Gasteiger partial charge < -0.3 is 51.3 Å². The molecular formula is C28H36N8O6. The molecule has 4 rings (SSSR count). The van der Waals surface area contributed by atoms with Gasteiger partial charge in [0.15, 0.2) is 46.3 Å². The second-order valence-corrected chi connectivity index (χ2v) is 9.15. The van der Waals surface area contributed by atoms with Gasteiger partial charge in [-0.15, -0.1) is 0 Å². The van der Waals surface area contributed by atoms with Crippen LogP contribution in [0.15, 0.2) is 36.4 Å². The van der Waals surface area contributed by atoms with Crippen molar-refractivity contribution >= 4 is 22.7 Å². The number of nitrogens with two attached hydrogens (primary N) is 2. The molecule has 0 amide bonds. The molecule has 2 aromatic carbocycles. The zero-order chi connectivity index (χ0) is 30.2. The molecule has 0 saturated heterocycles. The highest BCUT2D eigenvalue weighted by molar-refractivity contribution is 5.92. The highest BCUT2D eigenvalue weighted by atomic mass is 16.5. The Morgan fingerprint density at radius 1 is 0.619 bits per heavy atom.